The Morgan fingerprint density at radius 1 is 1.20 bits per heavy atom. The van der Waals surface area contributed by atoms with E-state index in [0.29, 0.717) is 12.5 Å². The number of carbonyl (C=O) groups excluding carboxylic acids is 1. The molecule has 1 N–H and O–H groups in total. The molecule has 0 radical (unpaired) electrons. The molecule has 0 bridgehead atoms. The van der Waals surface area contributed by atoms with Crippen molar-refractivity contribution in [3.05, 3.63) is 57.8 Å². The van der Waals surface area contributed by atoms with Gasteiger partial charge in [-0.05, 0) is 24.6 Å². The number of nitrogens with one attached hydrogen (secondary N) is 1. The molecule has 3 nitrogen and oxygen atoms in total. The van der Waals surface area contributed by atoms with Crippen molar-refractivity contribution in [1.29, 1.82) is 0 Å². The number of esters is 1. The van der Waals surface area contributed by atoms with Crippen LogP contribution in [0.25, 0.3) is 0 Å². The molecular weight excluding hydrogens is 270 g/mol. The van der Waals surface area contributed by atoms with Crippen LogP contribution in [0.5, 0.6) is 0 Å². The standard InChI is InChI=1S/C16H19NO2S/c1-12(13-6-4-3-5-7-13)17-11-15-9-8-14(20-15)10-16(18)19-2/h3-9,12,17H,10-11H2,1-2H3/t12-/m0/s1. The average molecular weight is 289 g/mol. The molecular formula is C16H19NO2S. The van der Waals surface area contributed by atoms with Crippen LogP contribution in [0.3, 0.4) is 0 Å². The predicted octanol–water partition coefficient (Wildman–Crippen LogP) is 3.31. The highest BCUT2D eigenvalue weighted by Crippen LogP contribution is 2.19. The van der Waals surface area contributed by atoms with Crippen LogP contribution in [0.4, 0.5) is 0 Å². The van der Waals surface area contributed by atoms with Crippen molar-refractivity contribution in [2.24, 2.45) is 0 Å². The number of hydrogen-bond acceptors (Lipinski definition) is 4. The number of thiophene rings is 1. The minimum absolute atomic E-state index is 0.191. The molecule has 0 saturated carbocycles. The summed E-state index contributed by atoms with van der Waals surface area (Å²) in [4.78, 5) is 13.5. The van der Waals surface area contributed by atoms with E-state index < -0.39 is 0 Å². The molecule has 20 heavy (non-hydrogen) atoms. The fourth-order valence-electron chi connectivity index (χ4n) is 1.94. The quantitative estimate of drug-likeness (QED) is 0.829. The maximum absolute atomic E-state index is 11.2. The van der Waals surface area contributed by atoms with Crippen LogP contribution in [0, 0.1) is 0 Å². The van der Waals surface area contributed by atoms with E-state index in [1.165, 1.54) is 17.6 Å². The summed E-state index contributed by atoms with van der Waals surface area (Å²) >= 11 is 1.65. The fourth-order valence-corrected chi connectivity index (χ4v) is 2.89. The van der Waals surface area contributed by atoms with E-state index in [9.17, 15) is 4.79 Å². The van der Waals surface area contributed by atoms with Gasteiger partial charge in [-0.15, -0.1) is 11.3 Å². The number of benzene rings is 1. The van der Waals surface area contributed by atoms with Gasteiger partial charge in [0.15, 0.2) is 0 Å². The van der Waals surface area contributed by atoms with Crippen LogP contribution >= 0.6 is 11.3 Å². The Balaban J connectivity index is 1.87. The SMILES string of the molecule is COC(=O)Cc1ccc(CN[C@@H](C)c2ccccc2)s1. The third-order valence-corrected chi connectivity index (χ3v) is 4.23. The first kappa shape index (κ1) is 14.8. The van der Waals surface area contributed by atoms with Crippen LogP contribution in [-0.4, -0.2) is 13.1 Å². The first-order valence-electron chi connectivity index (χ1n) is 6.62. The second-order valence-electron chi connectivity index (χ2n) is 4.63. The Hall–Kier alpha value is -1.65. The monoisotopic (exact) mass is 289 g/mol. The molecule has 106 valence electrons. The zero-order valence-electron chi connectivity index (χ0n) is 11.8. The van der Waals surface area contributed by atoms with Crippen molar-refractivity contribution in [3.63, 3.8) is 0 Å². The lowest BCUT2D eigenvalue weighted by Crippen LogP contribution is -2.17. The van der Waals surface area contributed by atoms with E-state index in [2.05, 4.69) is 35.2 Å². The number of rotatable bonds is 6. The minimum atomic E-state index is -0.191. The Morgan fingerprint density at radius 2 is 1.90 bits per heavy atom. The minimum Gasteiger partial charge on any atom is -0.469 e. The van der Waals surface area contributed by atoms with Gasteiger partial charge in [-0.3, -0.25) is 4.79 Å². The number of ether oxygens (including phenoxy) is 1. The summed E-state index contributed by atoms with van der Waals surface area (Å²) in [5, 5.41) is 3.49. The van der Waals surface area contributed by atoms with E-state index in [0.717, 1.165) is 11.4 Å². The topological polar surface area (TPSA) is 38.3 Å². The maximum Gasteiger partial charge on any atom is 0.310 e. The Labute approximate surface area is 123 Å². The molecule has 0 spiro atoms. The third-order valence-electron chi connectivity index (χ3n) is 3.15. The van der Waals surface area contributed by atoms with E-state index in [1.807, 2.05) is 24.3 Å². The van der Waals surface area contributed by atoms with Gasteiger partial charge in [0.2, 0.25) is 0 Å². The highest BCUT2D eigenvalue weighted by atomic mass is 32.1. The van der Waals surface area contributed by atoms with Gasteiger partial charge in [0.25, 0.3) is 0 Å². The van der Waals surface area contributed by atoms with Gasteiger partial charge in [-0.2, -0.15) is 0 Å². The summed E-state index contributed by atoms with van der Waals surface area (Å²) in [6.07, 6.45) is 0.357. The van der Waals surface area contributed by atoms with Crippen LogP contribution in [0.15, 0.2) is 42.5 Å². The van der Waals surface area contributed by atoms with Crippen LogP contribution in [0.2, 0.25) is 0 Å². The van der Waals surface area contributed by atoms with Crippen molar-refractivity contribution in [2.75, 3.05) is 7.11 Å². The molecule has 4 heteroatoms. The second-order valence-corrected chi connectivity index (χ2v) is 5.89. The zero-order valence-corrected chi connectivity index (χ0v) is 12.6. The van der Waals surface area contributed by atoms with Gasteiger partial charge < -0.3 is 10.1 Å². The summed E-state index contributed by atoms with van der Waals surface area (Å²) in [5.74, 6) is -0.191. The molecule has 1 aromatic heterocycles. The van der Waals surface area contributed by atoms with Crippen LogP contribution in [-0.2, 0) is 22.5 Å². The van der Waals surface area contributed by atoms with Crippen molar-refractivity contribution in [3.8, 4) is 0 Å². The van der Waals surface area contributed by atoms with Crippen molar-refractivity contribution in [2.45, 2.75) is 25.9 Å². The Bertz CT molecular complexity index is 551. The van der Waals surface area contributed by atoms with Gasteiger partial charge in [-0.25, -0.2) is 0 Å². The fraction of sp³-hybridized carbons (Fsp3) is 0.312. The maximum atomic E-state index is 11.2. The lowest BCUT2D eigenvalue weighted by molar-refractivity contribution is -0.139. The molecule has 0 amide bonds. The van der Waals surface area contributed by atoms with Crippen molar-refractivity contribution < 1.29 is 9.53 Å². The van der Waals surface area contributed by atoms with E-state index in [1.54, 1.807) is 11.3 Å². The lowest BCUT2D eigenvalue weighted by atomic mass is 10.1. The average Bonchev–Trinajstić information content (AvgIpc) is 2.93. The first-order valence-corrected chi connectivity index (χ1v) is 7.43. The molecule has 0 aliphatic heterocycles. The van der Waals surface area contributed by atoms with Crippen LogP contribution < -0.4 is 5.32 Å². The number of methoxy groups -OCH3 is 1. The Morgan fingerprint density at radius 3 is 2.60 bits per heavy atom. The molecule has 1 heterocycles. The van der Waals surface area contributed by atoms with Gasteiger partial charge >= 0.3 is 5.97 Å². The zero-order chi connectivity index (χ0) is 14.4. The molecule has 2 aromatic rings. The van der Waals surface area contributed by atoms with Crippen molar-refractivity contribution in [1.82, 2.24) is 5.32 Å². The smallest absolute Gasteiger partial charge is 0.310 e. The predicted molar refractivity (Wildman–Crippen MR) is 81.7 cm³/mol. The summed E-state index contributed by atoms with van der Waals surface area (Å²) in [6, 6.07) is 14.7. The summed E-state index contributed by atoms with van der Waals surface area (Å²) < 4.78 is 4.67. The molecule has 1 aromatic carbocycles. The molecule has 0 fully saturated rings. The van der Waals surface area contributed by atoms with E-state index in [-0.39, 0.29) is 5.97 Å². The summed E-state index contributed by atoms with van der Waals surface area (Å²) in [7, 11) is 1.42. The van der Waals surface area contributed by atoms with E-state index >= 15 is 0 Å². The number of hydrogen-bond donors (Lipinski definition) is 1. The van der Waals surface area contributed by atoms with E-state index in [4.69, 9.17) is 0 Å². The third kappa shape index (κ3) is 4.18. The molecule has 0 unspecified atom stereocenters. The van der Waals surface area contributed by atoms with Crippen molar-refractivity contribution >= 4 is 17.3 Å². The largest absolute Gasteiger partial charge is 0.469 e. The molecule has 0 saturated heterocycles. The van der Waals surface area contributed by atoms with Gasteiger partial charge in [0, 0.05) is 22.3 Å². The number of carbonyl (C=O) groups is 1. The highest BCUT2D eigenvalue weighted by Gasteiger charge is 2.08. The van der Waals surface area contributed by atoms with Gasteiger partial charge in [0.05, 0.1) is 13.5 Å². The van der Waals surface area contributed by atoms with Crippen LogP contribution in [0.1, 0.15) is 28.3 Å². The summed E-state index contributed by atoms with van der Waals surface area (Å²) in [5.41, 5.74) is 1.28. The summed E-state index contributed by atoms with van der Waals surface area (Å²) in [6.45, 7) is 2.96. The molecule has 1 atom stereocenters. The van der Waals surface area contributed by atoms with Gasteiger partial charge in [0.1, 0.15) is 0 Å². The highest BCUT2D eigenvalue weighted by molar-refractivity contribution is 7.12. The lowest BCUT2D eigenvalue weighted by Gasteiger charge is -2.13. The second kappa shape index (κ2) is 7.22. The molecule has 0 aliphatic rings. The molecule has 2 rings (SSSR count). The normalized spacial score (nSPS) is 12.1. The van der Waals surface area contributed by atoms with Gasteiger partial charge in [-0.1, -0.05) is 30.3 Å². The Kier molecular flexibility index (Phi) is 5.32. The first-order chi connectivity index (χ1) is 9.69. The molecule has 0 aliphatic carbocycles.